The molecule has 1 aliphatic heterocycles. The second-order valence-electron chi connectivity index (χ2n) is 9.40. The zero-order valence-corrected chi connectivity index (χ0v) is 22.0. The van der Waals surface area contributed by atoms with Crippen molar-refractivity contribution in [2.75, 3.05) is 18.4 Å². The monoisotopic (exact) mass is 529 g/mol. The molecular formula is C27H29F2N3O4S. The van der Waals surface area contributed by atoms with Gasteiger partial charge in [0.2, 0.25) is 15.9 Å². The largest absolute Gasteiger partial charge is 0.355 e. The van der Waals surface area contributed by atoms with E-state index in [4.69, 9.17) is 4.52 Å². The highest BCUT2D eigenvalue weighted by Crippen LogP contribution is 2.30. The second kappa shape index (κ2) is 10.5. The van der Waals surface area contributed by atoms with Crippen molar-refractivity contribution in [3.63, 3.8) is 0 Å². The average Bonchev–Trinajstić information content (AvgIpc) is 3.21. The van der Waals surface area contributed by atoms with Crippen molar-refractivity contribution >= 4 is 33.8 Å². The number of piperidine rings is 1. The molecule has 2 heterocycles. The Morgan fingerprint density at radius 3 is 2.35 bits per heavy atom. The van der Waals surface area contributed by atoms with Gasteiger partial charge in [-0.3, -0.25) is 4.79 Å². The maximum Gasteiger partial charge on any atom is 0.248 e. The molecule has 10 heteroatoms. The van der Waals surface area contributed by atoms with Gasteiger partial charge in [0.25, 0.3) is 0 Å². The van der Waals surface area contributed by atoms with Crippen LogP contribution in [0.25, 0.3) is 12.2 Å². The summed E-state index contributed by atoms with van der Waals surface area (Å²) in [4.78, 5) is 12.6. The van der Waals surface area contributed by atoms with E-state index in [9.17, 15) is 22.0 Å². The van der Waals surface area contributed by atoms with Gasteiger partial charge in [-0.1, -0.05) is 28.9 Å². The van der Waals surface area contributed by atoms with E-state index in [1.54, 1.807) is 13.0 Å². The molecule has 0 aliphatic carbocycles. The zero-order valence-electron chi connectivity index (χ0n) is 21.1. The SMILES string of the molecule is Cc1cc(C)c(/C=C/c2onc(C)c2S(=O)(=O)N2CCC(C(=O)Nc3cc(F)ccc3F)CC2)c(C)c1. The molecule has 0 spiro atoms. The van der Waals surface area contributed by atoms with Gasteiger partial charge in [-0.05, 0) is 75.4 Å². The predicted octanol–water partition coefficient (Wildman–Crippen LogP) is 5.40. The van der Waals surface area contributed by atoms with Crippen molar-refractivity contribution in [1.82, 2.24) is 9.46 Å². The Morgan fingerprint density at radius 2 is 1.70 bits per heavy atom. The number of halogens is 2. The Hall–Kier alpha value is -3.37. The van der Waals surface area contributed by atoms with Crippen LogP contribution >= 0.6 is 0 Å². The fourth-order valence-electron chi connectivity index (χ4n) is 4.73. The molecule has 37 heavy (non-hydrogen) atoms. The number of sulfonamides is 1. The lowest BCUT2D eigenvalue weighted by molar-refractivity contribution is -0.120. The number of carbonyl (C=O) groups is 1. The molecule has 1 saturated heterocycles. The summed E-state index contributed by atoms with van der Waals surface area (Å²) >= 11 is 0. The molecule has 2 aromatic carbocycles. The molecule has 1 aromatic heterocycles. The maximum atomic E-state index is 13.9. The average molecular weight is 530 g/mol. The fraction of sp³-hybridized carbons (Fsp3) is 0.333. The fourth-order valence-corrected chi connectivity index (χ4v) is 6.45. The van der Waals surface area contributed by atoms with Crippen LogP contribution < -0.4 is 5.32 Å². The highest BCUT2D eigenvalue weighted by molar-refractivity contribution is 7.89. The molecule has 196 valence electrons. The van der Waals surface area contributed by atoms with E-state index < -0.39 is 33.5 Å². The quantitative estimate of drug-likeness (QED) is 0.462. The van der Waals surface area contributed by atoms with Crippen LogP contribution in [0, 0.1) is 45.2 Å². The van der Waals surface area contributed by atoms with Crippen LogP contribution in [0.3, 0.4) is 0 Å². The van der Waals surface area contributed by atoms with E-state index in [1.165, 1.54) is 4.31 Å². The zero-order chi connectivity index (χ0) is 26.9. The standard InChI is InChI=1S/C27H29F2N3O4S/c1-16-13-17(2)22(18(3)14-16)6-8-25-26(19(4)31-36-25)37(34,35)32-11-9-20(10-12-32)27(33)30-24-15-21(28)5-7-23(24)29/h5-8,13-15,20H,9-12H2,1-4H3,(H,30,33)/b8-6+. The third-order valence-electron chi connectivity index (χ3n) is 6.58. The Balaban J connectivity index is 1.49. The lowest BCUT2D eigenvalue weighted by Crippen LogP contribution is -2.41. The smallest absolute Gasteiger partial charge is 0.248 e. The summed E-state index contributed by atoms with van der Waals surface area (Å²) in [5, 5.41) is 6.30. The third kappa shape index (κ3) is 5.65. The number of hydrogen-bond acceptors (Lipinski definition) is 5. The summed E-state index contributed by atoms with van der Waals surface area (Å²) in [6.07, 6.45) is 3.91. The molecule has 0 saturated carbocycles. The Labute approximate surface area is 215 Å². The molecule has 0 atom stereocenters. The number of aromatic nitrogens is 1. The van der Waals surface area contributed by atoms with Crippen LogP contribution in [0.2, 0.25) is 0 Å². The molecule has 1 aliphatic rings. The first-order valence-corrected chi connectivity index (χ1v) is 13.4. The van der Waals surface area contributed by atoms with Gasteiger partial charge in [-0.15, -0.1) is 0 Å². The third-order valence-corrected chi connectivity index (χ3v) is 8.64. The number of nitrogens with zero attached hydrogens (tertiary/aromatic N) is 2. The summed E-state index contributed by atoms with van der Waals surface area (Å²) in [6.45, 7) is 7.76. The van der Waals surface area contributed by atoms with Gasteiger partial charge in [0.15, 0.2) is 10.7 Å². The maximum absolute atomic E-state index is 13.9. The number of carbonyl (C=O) groups excluding carboxylic acids is 1. The number of anilines is 1. The Kier molecular flexibility index (Phi) is 7.61. The first-order chi connectivity index (χ1) is 17.5. The first kappa shape index (κ1) is 26.7. The van der Waals surface area contributed by atoms with Crippen LogP contribution in [-0.2, 0) is 14.8 Å². The van der Waals surface area contributed by atoms with E-state index >= 15 is 0 Å². The Bertz CT molecular complexity index is 1450. The van der Waals surface area contributed by atoms with Crippen molar-refractivity contribution in [2.24, 2.45) is 5.92 Å². The van der Waals surface area contributed by atoms with Crippen molar-refractivity contribution in [3.8, 4) is 0 Å². The van der Waals surface area contributed by atoms with Crippen molar-refractivity contribution < 1.29 is 26.5 Å². The Morgan fingerprint density at radius 1 is 1.05 bits per heavy atom. The van der Waals surface area contributed by atoms with Gasteiger partial charge in [0.05, 0.1) is 5.69 Å². The minimum absolute atomic E-state index is 0.00380. The molecule has 0 bridgehead atoms. The van der Waals surface area contributed by atoms with Gasteiger partial charge >= 0.3 is 0 Å². The number of rotatable bonds is 6. The highest BCUT2D eigenvalue weighted by atomic mass is 32.2. The minimum Gasteiger partial charge on any atom is -0.355 e. The molecular weight excluding hydrogens is 500 g/mol. The summed E-state index contributed by atoms with van der Waals surface area (Å²) in [5.41, 5.74) is 4.25. The van der Waals surface area contributed by atoms with E-state index in [0.29, 0.717) is 0 Å². The number of amides is 1. The second-order valence-corrected chi connectivity index (χ2v) is 11.3. The van der Waals surface area contributed by atoms with E-state index in [2.05, 4.69) is 22.6 Å². The van der Waals surface area contributed by atoms with E-state index in [1.807, 2.05) is 26.8 Å². The summed E-state index contributed by atoms with van der Waals surface area (Å²) in [5.74, 6) is -2.29. The number of aryl methyl sites for hydroxylation is 4. The van der Waals surface area contributed by atoms with Gasteiger partial charge < -0.3 is 9.84 Å². The van der Waals surface area contributed by atoms with Gasteiger partial charge in [-0.25, -0.2) is 17.2 Å². The topological polar surface area (TPSA) is 92.5 Å². The predicted molar refractivity (Wildman–Crippen MR) is 137 cm³/mol. The number of benzene rings is 2. The van der Waals surface area contributed by atoms with Crippen molar-refractivity contribution in [3.05, 3.63) is 75.7 Å². The van der Waals surface area contributed by atoms with Gasteiger partial charge in [-0.2, -0.15) is 4.31 Å². The summed E-state index contributed by atoms with van der Waals surface area (Å²) < 4.78 is 61.0. The lowest BCUT2D eigenvalue weighted by atomic mass is 9.97. The van der Waals surface area contributed by atoms with Crippen molar-refractivity contribution in [2.45, 2.75) is 45.4 Å². The first-order valence-electron chi connectivity index (χ1n) is 12.0. The molecule has 1 fully saturated rings. The van der Waals surface area contributed by atoms with E-state index in [0.717, 1.165) is 40.5 Å². The van der Waals surface area contributed by atoms with Crippen LogP contribution in [0.5, 0.6) is 0 Å². The van der Waals surface area contributed by atoms with Crippen molar-refractivity contribution in [1.29, 1.82) is 0 Å². The van der Waals surface area contributed by atoms with Crippen LogP contribution in [0.4, 0.5) is 14.5 Å². The molecule has 7 nitrogen and oxygen atoms in total. The highest BCUT2D eigenvalue weighted by Gasteiger charge is 2.36. The van der Waals surface area contributed by atoms with Gasteiger partial charge in [0, 0.05) is 25.1 Å². The number of nitrogens with one attached hydrogen (secondary N) is 1. The van der Waals surface area contributed by atoms with Gasteiger partial charge in [0.1, 0.15) is 17.3 Å². The normalized spacial score (nSPS) is 15.4. The molecule has 3 aromatic rings. The number of hydrogen-bond donors (Lipinski definition) is 1. The molecule has 1 amide bonds. The molecule has 0 unspecified atom stereocenters. The van der Waals surface area contributed by atoms with Crippen LogP contribution in [0.15, 0.2) is 39.8 Å². The lowest BCUT2D eigenvalue weighted by Gasteiger charge is -2.30. The van der Waals surface area contributed by atoms with E-state index in [-0.39, 0.29) is 48.0 Å². The summed E-state index contributed by atoms with van der Waals surface area (Å²) in [6, 6.07) is 6.93. The molecule has 0 radical (unpaired) electrons. The van der Waals surface area contributed by atoms with Crippen LogP contribution in [-0.4, -0.2) is 36.9 Å². The van der Waals surface area contributed by atoms with Crippen LogP contribution in [0.1, 0.15) is 46.5 Å². The molecule has 1 N–H and O–H groups in total. The molecule has 4 rings (SSSR count). The summed E-state index contributed by atoms with van der Waals surface area (Å²) in [7, 11) is -3.95. The minimum atomic E-state index is -3.95.